The third kappa shape index (κ3) is 7.96. The molecule has 56 valence electrons. The SMILES string of the molecule is CCCCCCCC[NH-]. The number of hydrogen-bond acceptors (Lipinski definition) is 0. The van der Waals surface area contributed by atoms with Crippen LogP contribution in [0.25, 0.3) is 5.73 Å². The Hall–Kier alpha value is -0.0400. The van der Waals surface area contributed by atoms with Crippen LogP contribution in [-0.2, 0) is 0 Å². The lowest BCUT2D eigenvalue weighted by Crippen LogP contribution is -1.79. The summed E-state index contributed by atoms with van der Waals surface area (Å²) in [6, 6.07) is 0. The van der Waals surface area contributed by atoms with Gasteiger partial charge in [-0.2, -0.15) is 6.54 Å². The molecule has 0 spiro atoms. The van der Waals surface area contributed by atoms with Gasteiger partial charge in [-0.3, -0.25) is 0 Å². The minimum Gasteiger partial charge on any atom is -0.677 e. The van der Waals surface area contributed by atoms with E-state index in [1.165, 1.54) is 32.1 Å². The first-order chi connectivity index (χ1) is 4.41. The van der Waals surface area contributed by atoms with E-state index in [0.29, 0.717) is 6.54 Å². The topological polar surface area (TPSA) is 23.8 Å². The summed E-state index contributed by atoms with van der Waals surface area (Å²) in [4.78, 5) is 0. The van der Waals surface area contributed by atoms with Gasteiger partial charge in [0.1, 0.15) is 0 Å². The first-order valence-corrected chi connectivity index (χ1v) is 4.06. The predicted octanol–water partition coefficient (Wildman–Crippen LogP) is 3.40. The van der Waals surface area contributed by atoms with Gasteiger partial charge in [0.05, 0.1) is 0 Å². The molecule has 0 aliphatic carbocycles. The molecule has 0 amide bonds. The number of hydrogen-bond donors (Lipinski definition) is 0. The third-order valence-electron chi connectivity index (χ3n) is 1.53. The second-order valence-corrected chi connectivity index (χ2v) is 2.52. The highest BCUT2D eigenvalue weighted by Crippen LogP contribution is 2.04. The Bertz CT molecular complexity index is 37.8. The Kier molecular flexibility index (Phi) is 7.92. The van der Waals surface area contributed by atoms with Crippen molar-refractivity contribution in [3.8, 4) is 0 Å². The van der Waals surface area contributed by atoms with Gasteiger partial charge in [-0.25, -0.2) is 0 Å². The summed E-state index contributed by atoms with van der Waals surface area (Å²) in [5.74, 6) is 0. The molecule has 0 aromatic heterocycles. The van der Waals surface area contributed by atoms with Crippen molar-refractivity contribution in [2.75, 3.05) is 6.54 Å². The molecule has 0 unspecified atom stereocenters. The maximum absolute atomic E-state index is 6.88. The summed E-state index contributed by atoms with van der Waals surface area (Å²) in [7, 11) is 0. The summed E-state index contributed by atoms with van der Waals surface area (Å²) in [5, 5.41) is 0. The molecule has 0 aromatic carbocycles. The fourth-order valence-corrected chi connectivity index (χ4v) is 0.905. The zero-order chi connectivity index (χ0) is 6.95. The Balaban J connectivity index is 2.60. The zero-order valence-corrected chi connectivity index (χ0v) is 6.45. The molecule has 0 aliphatic heterocycles. The van der Waals surface area contributed by atoms with Crippen LogP contribution in [-0.4, -0.2) is 6.54 Å². The van der Waals surface area contributed by atoms with E-state index in [1.807, 2.05) is 0 Å². The lowest BCUT2D eigenvalue weighted by atomic mass is 10.1. The monoisotopic (exact) mass is 128 g/mol. The van der Waals surface area contributed by atoms with Crippen molar-refractivity contribution >= 4 is 0 Å². The molecule has 0 fully saturated rings. The van der Waals surface area contributed by atoms with Crippen molar-refractivity contribution in [2.45, 2.75) is 45.4 Å². The van der Waals surface area contributed by atoms with E-state index in [1.54, 1.807) is 0 Å². The summed E-state index contributed by atoms with van der Waals surface area (Å²) < 4.78 is 0. The normalized spacial score (nSPS) is 10.0. The molecule has 9 heavy (non-hydrogen) atoms. The lowest BCUT2D eigenvalue weighted by Gasteiger charge is -1.99. The van der Waals surface area contributed by atoms with E-state index in [9.17, 15) is 0 Å². The third-order valence-corrected chi connectivity index (χ3v) is 1.53. The highest BCUT2D eigenvalue weighted by Gasteiger charge is 1.84. The van der Waals surface area contributed by atoms with E-state index in [0.717, 1.165) is 6.42 Å². The van der Waals surface area contributed by atoms with Crippen LogP contribution in [0.3, 0.4) is 0 Å². The lowest BCUT2D eigenvalue weighted by molar-refractivity contribution is 0.621. The van der Waals surface area contributed by atoms with E-state index in [2.05, 4.69) is 6.92 Å². The van der Waals surface area contributed by atoms with E-state index in [-0.39, 0.29) is 0 Å². The predicted molar refractivity (Wildman–Crippen MR) is 42.6 cm³/mol. The van der Waals surface area contributed by atoms with Crippen LogP contribution in [0.2, 0.25) is 0 Å². The van der Waals surface area contributed by atoms with Crippen molar-refractivity contribution in [1.29, 1.82) is 0 Å². The first-order valence-electron chi connectivity index (χ1n) is 4.06. The average molecular weight is 128 g/mol. The molecular formula is C8H18N-. The molecule has 0 saturated carbocycles. The molecule has 0 atom stereocenters. The molecule has 1 heteroatoms. The minimum absolute atomic E-state index is 0.617. The summed E-state index contributed by atoms with van der Waals surface area (Å²) in [5.41, 5.74) is 6.88. The maximum Gasteiger partial charge on any atom is -0.0533 e. The van der Waals surface area contributed by atoms with Crippen molar-refractivity contribution in [2.24, 2.45) is 0 Å². The number of nitrogens with one attached hydrogen (secondary N) is 1. The molecule has 0 heterocycles. The summed E-state index contributed by atoms with van der Waals surface area (Å²) in [6.45, 7) is 2.84. The van der Waals surface area contributed by atoms with Gasteiger partial charge in [0.2, 0.25) is 0 Å². The van der Waals surface area contributed by atoms with Crippen LogP contribution >= 0.6 is 0 Å². The van der Waals surface area contributed by atoms with Gasteiger partial charge in [-0.1, -0.05) is 45.4 Å². The van der Waals surface area contributed by atoms with Crippen LogP contribution in [0.5, 0.6) is 0 Å². The van der Waals surface area contributed by atoms with Crippen molar-refractivity contribution in [3.63, 3.8) is 0 Å². The van der Waals surface area contributed by atoms with Crippen LogP contribution in [0.15, 0.2) is 0 Å². The molecule has 0 bridgehead atoms. The Morgan fingerprint density at radius 2 is 1.44 bits per heavy atom. The highest BCUT2D eigenvalue weighted by molar-refractivity contribution is 4.51. The molecule has 1 nitrogen and oxygen atoms in total. The molecule has 1 N–H and O–H groups in total. The molecule has 0 aromatic rings. The second-order valence-electron chi connectivity index (χ2n) is 2.52. The van der Waals surface area contributed by atoms with E-state index in [4.69, 9.17) is 5.73 Å². The molecule has 0 rings (SSSR count). The molecule has 0 saturated heterocycles. The fourth-order valence-electron chi connectivity index (χ4n) is 0.905. The standard InChI is InChI=1S/C8H18N/c1-2-3-4-5-6-7-8-9/h9H,2-8H2,1H3/q-1. The van der Waals surface area contributed by atoms with Gasteiger partial charge < -0.3 is 5.73 Å². The Labute approximate surface area is 58.6 Å². The quantitative estimate of drug-likeness (QED) is 0.489. The zero-order valence-electron chi connectivity index (χ0n) is 6.45. The van der Waals surface area contributed by atoms with Gasteiger partial charge in [0.25, 0.3) is 0 Å². The van der Waals surface area contributed by atoms with Crippen molar-refractivity contribution in [3.05, 3.63) is 5.73 Å². The fraction of sp³-hybridized carbons (Fsp3) is 1.00. The van der Waals surface area contributed by atoms with Gasteiger partial charge in [-0.15, -0.1) is 0 Å². The molecule has 0 radical (unpaired) electrons. The van der Waals surface area contributed by atoms with Gasteiger partial charge in [0.15, 0.2) is 0 Å². The van der Waals surface area contributed by atoms with Gasteiger partial charge in [-0.05, 0) is 0 Å². The van der Waals surface area contributed by atoms with Crippen molar-refractivity contribution < 1.29 is 0 Å². The van der Waals surface area contributed by atoms with Crippen LogP contribution in [0.4, 0.5) is 0 Å². The number of unbranched alkanes of at least 4 members (excludes halogenated alkanes) is 5. The van der Waals surface area contributed by atoms with Crippen LogP contribution < -0.4 is 0 Å². The van der Waals surface area contributed by atoms with E-state index < -0.39 is 0 Å². The summed E-state index contributed by atoms with van der Waals surface area (Å²) in [6.07, 6.45) is 7.77. The highest BCUT2D eigenvalue weighted by atomic mass is 14.5. The van der Waals surface area contributed by atoms with Crippen molar-refractivity contribution in [1.82, 2.24) is 0 Å². The van der Waals surface area contributed by atoms with Crippen LogP contribution in [0, 0.1) is 0 Å². The van der Waals surface area contributed by atoms with E-state index >= 15 is 0 Å². The average Bonchev–Trinajstić information content (AvgIpc) is 1.89. The smallest absolute Gasteiger partial charge is 0.0533 e. The maximum atomic E-state index is 6.88. The minimum atomic E-state index is 0.617. The second kappa shape index (κ2) is 7.96. The summed E-state index contributed by atoms with van der Waals surface area (Å²) >= 11 is 0. The Morgan fingerprint density at radius 3 is 2.00 bits per heavy atom. The van der Waals surface area contributed by atoms with Crippen LogP contribution in [0.1, 0.15) is 45.4 Å². The molecular weight excluding hydrogens is 110 g/mol. The van der Waals surface area contributed by atoms with Gasteiger partial charge in [0, 0.05) is 0 Å². The Morgan fingerprint density at radius 1 is 0.889 bits per heavy atom. The number of rotatable bonds is 6. The van der Waals surface area contributed by atoms with Gasteiger partial charge >= 0.3 is 0 Å². The first kappa shape index (κ1) is 8.96. The molecule has 0 aliphatic rings. The largest absolute Gasteiger partial charge is 0.677 e.